The highest BCUT2D eigenvalue weighted by atomic mass is 16.5. The summed E-state index contributed by atoms with van der Waals surface area (Å²) in [6, 6.07) is 7.78. The van der Waals surface area contributed by atoms with Crippen molar-refractivity contribution >= 4 is 17.8 Å². The molecule has 0 aliphatic heterocycles. The molecule has 0 unspecified atom stereocenters. The van der Waals surface area contributed by atoms with Crippen LogP contribution in [0.2, 0.25) is 0 Å². The zero-order valence-corrected chi connectivity index (χ0v) is 11.8. The second-order valence-electron chi connectivity index (χ2n) is 4.98. The summed E-state index contributed by atoms with van der Waals surface area (Å²) in [5.74, 6) is -0.0581. The van der Waals surface area contributed by atoms with Crippen molar-refractivity contribution in [3.8, 4) is 0 Å². The Bertz CT molecular complexity index is 517. The van der Waals surface area contributed by atoms with E-state index in [0.29, 0.717) is 18.8 Å². The summed E-state index contributed by atoms with van der Waals surface area (Å²) in [4.78, 5) is 23.5. The van der Waals surface area contributed by atoms with E-state index >= 15 is 0 Å². The minimum absolute atomic E-state index is 0.0215. The molecule has 1 aromatic rings. The van der Waals surface area contributed by atoms with E-state index in [-0.39, 0.29) is 11.9 Å². The lowest BCUT2D eigenvalue weighted by Crippen LogP contribution is -2.17. The number of ketones is 1. The van der Waals surface area contributed by atoms with Crippen LogP contribution < -0.4 is 0 Å². The van der Waals surface area contributed by atoms with Crippen molar-refractivity contribution in [2.45, 2.75) is 38.5 Å². The molecule has 0 saturated heterocycles. The van der Waals surface area contributed by atoms with Crippen LogP contribution in [0.4, 0.5) is 0 Å². The predicted octanol–water partition coefficient (Wildman–Crippen LogP) is 3.49. The number of Topliss-reactive ketones (excluding diaryl/α,β-unsaturated/α-hetero) is 1. The van der Waals surface area contributed by atoms with Crippen molar-refractivity contribution in [2.24, 2.45) is 0 Å². The van der Waals surface area contributed by atoms with Crippen molar-refractivity contribution in [1.82, 2.24) is 0 Å². The van der Waals surface area contributed by atoms with Gasteiger partial charge in [0.2, 0.25) is 0 Å². The van der Waals surface area contributed by atoms with E-state index in [1.165, 1.54) is 6.08 Å². The molecule has 20 heavy (non-hydrogen) atoms. The molecule has 3 heteroatoms. The highest BCUT2D eigenvalue weighted by Crippen LogP contribution is 2.32. The topological polar surface area (TPSA) is 43.4 Å². The Morgan fingerprint density at radius 1 is 1.35 bits per heavy atom. The van der Waals surface area contributed by atoms with Gasteiger partial charge in [-0.15, -0.1) is 0 Å². The van der Waals surface area contributed by atoms with Crippen LogP contribution in [-0.2, 0) is 14.3 Å². The van der Waals surface area contributed by atoms with Gasteiger partial charge >= 0.3 is 5.97 Å². The van der Waals surface area contributed by atoms with Crippen LogP contribution >= 0.6 is 0 Å². The Balaban J connectivity index is 2.21. The first-order chi connectivity index (χ1) is 9.72. The van der Waals surface area contributed by atoms with Crippen molar-refractivity contribution in [3.63, 3.8) is 0 Å². The molecule has 106 valence electrons. The molecular weight excluding hydrogens is 252 g/mol. The molecule has 0 amide bonds. The van der Waals surface area contributed by atoms with Crippen LogP contribution in [0.25, 0.3) is 6.08 Å². The number of esters is 1. The van der Waals surface area contributed by atoms with Gasteiger partial charge in [-0.3, -0.25) is 4.79 Å². The van der Waals surface area contributed by atoms with E-state index in [4.69, 9.17) is 4.74 Å². The fourth-order valence-electron chi connectivity index (χ4n) is 2.64. The molecule has 0 heterocycles. The van der Waals surface area contributed by atoms with Gasteiger partial charge in [0.15, 0.2) is 0 Å². The minimum Gasteiger partial charge on any atom is -0.463 e. The van der Waals surface area contributed by atoms with E-state index in [1.807, 2.05) is 24.3 Å². The van der Waals surface area contributed by atoms with Gasteiger partial charge in [0.05, 0.1) is 6.61 Å². The van der Waals surface area contributed by atoms with Gasteiger partial charge in [0.1, 0.15) is 5.78 Å². The average molecular weight is 272 g/mol. The molecule has 0 N–H and O–H groups in total. The number of benzene rings is 1. The summed E-state index contributed by atoms with van der Waals surface area (Å²) in [5.41, 5.74) is 1.96. The molecule has 0 spiro atoms. The van der Waals surface area contributed by atoms with E-state index in [0.717, 1.165) is 30.4 Å². The molecular formula is C17H20O3. The monoisotopic (exact) mass is 272 g/mol. The summed E-state index contributed by atoms with van der Waals surface area (Å²) in [6.07, 6.45) is 6.83. The third-order valence-corrected chi connectivity index (χ3v) is 3.61. The van der Waals surface area contributed by atoms with Gasteiger partial charge in [-0.25, -0.2) is 4.79 Å². The maximum atomic E-state index is 12.1. The molecule has 0 bridgehead atoms. The van der Waals surface area contributed by atoms with Crippen molar-refractivity contribution in [3.05, 3.63) is 41.5 Å². The summed E-state index contributed by atoms with van der Waals surface area (Å²) >= 11 is 0. The molecule has 0 aromatic heterocycles. The number of carbonyl (C=O) groups excluding carboxylic acids is 2. The lowest BCUT2D eigenvalue weighted by atomic mass is 9.81. The second-order valence-corrected chi connectivity index (χ2v) is 4.98. The zero-order valence-electron chi connectivity index (χ0n) is 11.8. The van der Waals surface area contributed by atoms with E-state index in [2.05, 4.69) is 0 Å². The number of ether oxygens (including phenoxy) is 1. The van der Waals surface area contributed by atoms with E-state index < -0.39 is 0 Å². The van der Waals surface area contributed by atoms with Gasteiger partial charge in [-0.1, -0.05) is 30.7 Å². The van der Waals surface area contributed by atoms with Gasteiger partial charge in [-0.2, -0.15) is 0 Å². The van der Waals surface area contributed by atoms with Crippen molar-refractivity contribution in [1.29, 1.82) is 0 Å². The summed E-state index contributed by atoms with van der Waals surface area (Å²) < 4.78 is 4.88. The standard InChI is InChI=1S/C17H20O3/c1-2-20-17(19)12-11-13-7-3-4-8-14(13)15-9-5-6-10-16(15)18/h3-4,7-8,11-12,15H,2,5-6,9-10H2,1H3/b12-11+/t15-/m0/s1. The molecule has 2 rings (SSSR count). The SMILES string of the molecule is CCOC(=O)/C=C/c1ccccc1[C@@H]1CCCCC1=O. The number of hydrogen-bond donors (Lipinski definition) is 0. The first-order valence-corrected chi connectivity index (χ1v) is 7.19. The first-order valence-electron chi connectivity index (χ1n) is 7.19. The fourth-order valence-corrected chi connectivity index (χ4v) is 2.64. The average Bonchev–Trinajstić information content (AvgIpc) is 2.46. The zero-order chi connectivity index (χ0) is 14.4. The van der Waals surface area contributed by atoms with Crippen LogP contribution in [0, 0.1) is 0 Å². The van der Waals surface area contributed by atoms with Crippen molar-refractivity contribution < 1.29 is 14.3 Å². The number of carbonyl (C=O) groups is 2. The molecule has 1 aliphatic carbocycles. The molecule has 1 fully saturated rings. The van der Waals surface area contributed by atoms with E-state index in [1.54, 1.807) is 13.0 Å². The Morgan fingerprint density at radius 2 is 2.15 bits per heavy atom. The van der Waals surface area contributed by atoms with Gasteiger partial charge in [0.25, 0.3) is 0 Å². The smallest absolute Gasteiger partial charge is 0.330 e. The number of hydrogen-bond acceptors (Lipinski definition) is 3. The summed E-state index contributed by atoms with van der Waals surface area (Å²) in [5, 5.41) is 0. The van der Waals surface area contributed by atoms with Crippen LogP contribution in [0.15, 0.2) is 30.3 Å². The first kappa shape index (κ1) is 14.5. The van der Waals surface area contributed by atoms with Gasteiger partial charge in [0, 0.05) is 18.4 Å². The lowest BCUT2D eigenvalue weighted by Gasteiger charge is -2.22. The number of rotatable bonds is 4. The molecule has 1 saturated carbocycles. The maximum Gasteiger partial charge on any atom is 0.330 e. The molecule has 1 atom stereocenters. The normalized spacial score (nSPS) is 19.2. The third kappa shape index (κ3) is 3.56. The highest BCUT2D eigenvalue weighted by Gasteiger charge is 2.25. The fraction of sp³-hybridized carbons (Fsp3) is 0.412. The maximum absolute atomic E-state index is 12.1. The summed E-state index contributed by atoms with van der Waals surface area (Å²) in [6.45, 7) is 2.15. The van der Waals surface area contributed by atoms with Crippen LogP contribution in [0.1, 0.15) is 49.7 Å². The lowest BCUT2D eigenvalue weighted by molar-refractivity contribution is -0.137. The van der Waals surface area contributed by atoms with Crippen LogP contribution in [0.3, 0.4) is 0 Å². The van der Waals surface area contributed by atoms with Gasteiger partial charge in [-0.05, 0) is 37.0 Å². The Kier molecular flexibility index (Phi) is 5.10. The molecule has 1 aliphatic rings. The largest absolute Gasteiger partial charge is 0.463 e. The van der Waals surface area contributed by atoms with Gasteiger partial charge < -0.3 is 4.74 Å². The second kappa shape index (κ2) is 7.04. The van der Waals surface area contributed by atoms with Crippen molar-refractivity contribution in [2.75, 3.05) is 6.61 Å². The highest BCUT2D eigenvalue weighted by molar-refractivity contribution is 5.90. The van der Waals surface area contributed by atoms with E-state index in [9.17, 15) is 9.59 Å². The third-order valence-electron chi connectivity index (χ3n) is 3.61. The Labute approximate surface area is 119 Å². The molecule has 1 aromatic carbocycles. The predicted molar refractivity (Wildman–Crippen MR) is 78.3 cm³/mol. The quantitative estimate of drug-likeness (QED) is 0.622. The van der Waals surface area contributed by atoms with Crippen LogP contribution in [-0.4, -0.2) is 18.4 Å². The molecule has 3 nitrogen and oxygen atoms in total. The minimum atomic E-state index is -0.350. The summed E-state index contributed by atoms with van der Waals surface area (Å²) in [7, 11) is 0. The Morgan fingerprint density at radius 3 is 2.90 bits per heavy atom. The molecule has 0 radical (unpaired) electrons. The van der Waals surface area contributed by atoms with Crippen LogP contribution in [0.5, 0.6) is 0 Å². The Hall–Kier alpha value is -1.90.